The van der Waals surface area contributed by atoms with Gasteiger partial charge < -0.3 is 21.5 Å². The summed E-state index contributed by atoms with van der Waals surface area (Å²) in [4.78, 5) is 0. The van der Waals surface area contributed by atoms with Crippen LogP contribution in [0.15, 0.2) is 0 Å². The number of aliphatic hydroxyl groups is 1. The Hall–Kier alpha value is -0.160. The summed E-state index contributed by atoms with van der Waals surface area (Å²) in [7, 11) is 0. The Balaban J connectivity index is 1.33. The van der Waals surface area contributed by atoms with Crippen molar-refractivity contribution in [1.82, 2.24) is 10.6 Å². The highest BCUT2D eigenvalue weighted by Crippen LogP contribution is 2.69. The van der Waals surface area contributed by atoms with Gasteiger partial charge in [-0.2, -0.15) is 0 Å². The molecular formula is C36H69N3O. The number of rotatable bonds is 14. The topological polar surface area (TPSA) is 70.3 Å². The number of fused-ring (bicyclic) bond motifs is 5. The Morgan fingerprint density at radius 2 is 1.57 bits per heavy atom. The first-order valence-electron chi connectivity index (χ1n) is 17.8. The highest BCUT2D eigenvalue weighted by molar-refractivity contribution is 5.13. The van der Waals surface area contributed by atoms with Gasteiger partial charge in [0, 0.05) is 6.04 Å². The number of hydrogen-bond donors (Lipinski definition) is 4. The molecule has 0 bridgehead atoms. The lowest BCUT2D eigenvalue weighted by Gasteiger charge is -2.63. The highest BCUT2D eigenvalue weighted by Gasteiger charge is 2.63. The van der Waals surface area contributed by atoms with Crippen LogP contribution in [0.4, 0.5) is 0 Å². The van der Waals surface area contributed by atoms with Gasteiger partial charge in [-0.15, -0.1) is 0 Å². The van der Waals surface area contributed by atoms with Crippen LogP contribution in [0.1, 0.15) is 132 Å². The zero-order valence-electron chi connectivity index (χ0n) is 27.7. The van der Waals surface area contributed by atoms with Crippen molar-refractivity contribution in [2.45, 2.75) is 144 Å². The molecule has 40 heavy (non-hydrogen) atoms. The molecule has 0 spiro atoms. The zero-order chi connectivity index (χ0) is 29.1. The van der Waals surface area contributed by atoms with Gasteiger partial charge in [-0.3, -0.25) is 0 Å². The van der Waals surface area contributed by atoms with Gasteiger partial charge in [0.2, 0.25) is 0 Å². The maximum Gasteiger partial charge on any atom is 0.0577 e. The highest BCUT2D eigenvalue weighted by atomic mass is 16.3. The summed E-state index contributed by atoms with van der Waals surface area (Å²) < 4.78 is 0. The van der Waals surface area contributed by atoms with Crippen LogP contribution in [-0.2, 0) is 0 Å². The summed E-state index contributed by atoms with van der Waals surface area (Å²) in [5.41, 5.74) is 6.83. The van der Waals surface area contributed by atoms with Crippen molar-refractivity contribution in [2.75, 3.05) is 26.2 Å². The molecule has 4 heteroatoms. The molecule has 4 aliphatic rings. The fourth-order valence-corrected chi connectivity index (χ4v) is 10.8. The second kappa shape index (κ2) is 13.6. The third-order valence-corrected chi connectivity index (χ3v) is 13.8. The molecule has 6 unspecified atom stereocenters. The van der Waals surface area contributed by atoms with Crippen LogP contribution in [0.3, 0.4) is 0 Å². The van der Waals surface area contributed by atoms with E-state index in [-0.39, 0.29) is 6.10 Å². The van der Waals surface area contributed by atoms with Crippen LogP contribution >= 0.6 is 0 Å². The summed E-state index contributed by atoms with van der Waals surface area (Å²) in [5, 5.41) is 19.3. The molecule has 0 amide bonds. The van der Waals surface area contributed by atoms with Crippen molar-refractivity contribution in [2.24, 2.45) is 63.4 Å². The Kier molecular flexibility index (Phi) is 11.2. The number of nitrogens with two attached hydrogens (primary N) is 1. The quantitative estimate of drug-likeness (QED) is 0.167. The van der Waals surface area contributed by atoms with Crippen molar-refractivity contribution in [3.8, 4) is 0 Å². The third kappa shape index (κ3) is 6.81. The Labute approximate surface area is 249 Å². The minimum atomic E-state index is -0.0907. The lowest BCUT2D eigenvalue weighted by atomic mass is 9.43. The second-order valence-corrected chi connectivity index (χ2v) is 16.7. The van der Waals surface area contributed by atoms with Crippen molar-refractivity contribution in [1.29, 1.82) is 0 Å². The minimum Gasteiger partial charge on any atom is -0.393 e. The molecule has 234 valence electrons. The minimum absolute atomic E-state index is 0.0907. The standard InChI is InChI=1S/C36H69N3O/c1-25(2)26(3)13-16-34(4,5)32-12-11-29-33-30(15-18-36(29,32)7)35(6)17-14-28(23-27(35)24-31(33)40)39-22-10-21-38-20-9-8-19-37/h25-33,38-40H,8-24,37H2,1-7H3/t26?,27-,28+,29?,30?,31?,32?,33?,35+,36+/m1/s1. The van der Waals surface area contributed by atoms with Gasteiger partial charge in [-0.05, 0) is 167 Å². The van der Waals surface area contributed by atoms with Gasteiger partial charge in [0.05, 0.1) is 6.10 Å². The lowest BCUT2D eigenvalue weighted by molar-refractivity contribution is -0.170. The maximum atomic E-state index is 11.8. The maximum absolute atomic E-state index is 11.8. The number of nitrogens with one attached hydrogen (secondary N) is 2. The molecule has 5 N–H and O–H groups in total. The van der Waals surface area contributed by atoms with Crippen molar-refractivity contribution in [3.63, 3.8) is 0 Å². The van der Waals surface area contributed by atoms with E-state index in [4.69, 9.17) is 5.73 Å². The van der Waals surface area contributed by atoms with Gasteiger partial charge in [-0.25, -0.2) is 0 Å². The first-order chi connectivity index (χ1) is 18.9. The molecule has 4 aliphatic carbocycles. The molecule has 0 aliphatic heterocycles. The van der Waals surface area contributed by atoms with Gasteiger partial charge in [0.1, 0.15) is 0 Å². The predicted octanol–water partition coefficient (Wildman–Crippen LogP) is 7.39. The van der Waals surface area contributed by atoms with Gasteiger partial charge in [0.15, 0.2) is 0 Å². The summed E-state index contributed by atoms with van der Waals surface area (Å²) in [6.07, 6.45) is 16.6. The summed E-state index contributed by atoms with van der Waals surface area (Å²) >= 11 is 0. The van der Waals surface area contributed by atoms with E-state index in [0.29, 0.717) is 34.1 Å². The molecule has 0 aromatic carbocycles. The fourth-order valence-electron chi connectivity index (χ4n) is 10.8. The molecular weight excluding hydrogens is 490 g/mol. The average Bonchev–Trinajstić information content (AvgIpc) is 3.27. The SMILES string of the molecule is CC(C)C(C)CCC(C)(C)C1CCC2C3C(O)C[C@H]4C[C@@H](NCCCNCCCCN)CC[C@]4(C)C3CC[C@@]21C. The molecule has 4 saturated carbocycles. The average molecular weight is 560 g/mol. The molecule has 0 aromatic heterocycles. The number of aliphatic hydroxyl groups excluding tert-OH is 1. The summed E-state index contributed by atoms with van der Waals surface area (Å²) in [5.74, 6) is 5.05. The van der Waals surface area contributed by atoms with E-state index in [0.717, 1.165) is 68.6 Å². The third-order valence-electron chi connectivity index (χ3n) is 13.8. The van der Waals surface area contributed by atoms with E-state index in [1.54, 1.807) is 0 Å². The largest absolute Gasteiger partial charge is 0.393 e. The van der Waals surface area contributed by atoms with Crippen LogP contribution in [-0.4, -0.2) is 43.4 Å². The van der Waals surface area contributed by atoms with Crippen LogP contribution in [0.25, 0.3) is 0 Å². The molecule has 0 heterocycles. The monoisotopic (exact) mass is 560 g/mol. The summed E-state index contributed by atoms with van der Waals surface area (Å²) in [6, 6.07) is 0.637. The van der Waals surface area contributed by atoms with Gasteiger partial charge >= 0.3 is 0 Å². The van der Waals surface area contributed by atoms with E-state index in [2.05, 4.69) is 59.1 Å². The molecule has 0 saturated heterocycles. The first kappa shape index (κ1) is 32.7. The van der Waals surface area contributed by atoms with Crippen molar-refractivity contribution >= 4 is 0 Å². The van der Waals surface area contributed by atoms with Crippen LogP contribution in [0.5, 0.6) is 0 Å². The molecule has 0 radical (unpaired) electrons. The summed E-state index contributed by atoms with van der Waals surface area (Å²) in [6.45, 7) is 21.8. The van der Waals surface area contributed by atoms with E-state index >= 15 is 0 Å². The molecule has 4 nitrogen and oxygen atoms in total. The van der Waals surface area contributed by atoms with Gasteiger partial charge in [-0.1, -0.05) is 48.5 Å². The zero-order valence-corrected chi connectivity index (χ0v) is 27.7. The van der Waals surface area contributed by atoms with E-state index in [1.165, 1.54) is 70.6 Å². The lowest BCUT2D eigenvalue weighted by Crippen LogP contribution is -2.59. The van der Waals surface area contributed by atoms with Crippen LogP contribution in [0.2, 0.25) is 0 Å². The smallest absolute Gasteiger partial charge is 0.0577 e. The van der Waals surface area contributed by atoms with Crippen molar-refractivity contribution < 1.29 is 5.11 Å². The molecule has 0 aromatic rings. The number of hydrogen-bond acceptors (Lipinski definition) is 4. The second-order valence-electron chi connectivity index (χ2n) is 16.7. The normalized spacial score (nSPS) is 40.5. The number of unbranched alkanes of at least 4 members (excludes halogenated alkanes) is 1. The Bertz CT molecular complexity index is 784. The van der Waals surface area contributed by atoms with Crippen LogP contribution < -0.4 is 16.4 Å². The molecule has 4 fully saturated rings. The van der Waals surface area contributed by atoms with E-state index in [9.17, 15) is 5.11 Å². The van der Waals surface area contributed by atoms with E-state index < -0.39 is 0 Å². The van der Waals surface area contributed by atoms with E-state index in [1.807, 2.05) is 0 Å². The fraction of sp³-hybridized carbons (Fsp3) is 1.00. The molecule has 4 rings (SSSR count). The Morgan fingerprint density at radius 3 is 2.30 bits per heavy atom. The first-order valence-corrected chi connectivity index (χ1v) is 17.8. The van der Waals surface area contributed by atoms with Gasteiger partial charge in [0.25, 0.3) is 0 Å². The van der Waals surface area contributed by atoms with Crippen LogP contribution in [0, 0.1) is 57.7 Å². The predicted molar refractivity (Wildman–Crippen MR) is 171 cm³/mol. The molecule has 10 atom stereocenters. The Morgan fingerprint density at radius 1 is 0.875 bits per heavy atom. The van der Waals surface area contributed by atoms with Crippen molar-refractivity contribution in [3.05, 3.63) is 0 Å².